The minimum atomic E-state index is 0.186. The zero-order chi connectivity index (χ0) is 12.4. The molecular weight excluding hydrogens is 286 g/mol. The number of fused-ring (bicyclic) bond motifs is 1. The Morgan fingerprint density at radius 3 is 2.65 bits per heavy atom. The molecule has 94 valence electrons. The van der Waals surface area contributed by atoms with E-state index in [9.17, 15) is 0 Å². The van der Waals surface area contributed by atoms with Crippen molar-refractivity contribution in [3.8, 4) is 0 Å². The summed E-state index contributed by atoms with van der Waals surface area (Å²) in [6, 6.07) is 0. The predicted molar refractivity (Wildman–Crippen MR) is 69.0 cm³/mol. The van der Waals surface area contributed by atoms with Gasteiger partial charge in [0.15, 0.2) is 0 Å². The van der Waals surface area contributed by atoms with Crippen LogP contribution in [-0.4, -0.2) is 31.9 Å². The number of methoxy groups -OCH3 is 2. The minimum Gasteiger partial charge on any atom is -0.500 e. The van der Waals surface area contributed by atoms with Crippen LogP contribution in [0.15, 0.2) is 28.3 Å². The Hall–Kier alpha value is -0.970. The Morgan fingerprint density at radius 2 is 2.06 bits per heavy atom. The second-order valence-corrected chi connectivity index (χ2v) is 4.99. The second kappa shape index (κ2) is 5.12. The lowest BCUT2D eigenvalue weighted by Crippen LogP contribution is -2.23. The molecule has 0 amide bonds. The van der Waals surface area contributed by atoms with Crippen LogP contribution in [0.25, 0.3) is 0 Å². The molecule has 0 aromatic heterocycles. The third kappa shape index (κ3) is 2.08. The molecule has 0 saturated heterocycles. The van der Waals surface area contributed by atoms with E-state index < -0.39 is 0 Å². The van der Waals surface area contributed by atoms with E-state index in [1.54, 1.807) is 21.3 Å². The molecule has 2 aliphatic carbocycles. The summed E-state index contributed by atoms with van der Waals surface area (Å²) < 4.78 is 10.8. The number of hydrogen-bond donors (Lipinski definition) is 0. The Kier molecular flexibility index (Phi) is 3.76. The first-order valence-corrected chi connectivity index (χ1v) is 6.42. The van der Waals surface area contributed by atoms with E-state index in [0.717, 1.165) is 35.6 Å². The van der Waals surface area contributed by atoms with Crippen molar-refractivity contribution >= 4 is 21.6 Å². The molecule has 0 heterocycles. The van der Waals surface area contributed by atoms with Gasteiger partial charge in [0.25, 0.3) is 0 Å². The van der Waals surface area contributed by atoms with Gasteiger partial charge < -0.3 is 14.3 Å². The van der Waals surface area contributed by atoms with Crippen molar-refractivity contribution in [2.45, 2.75) is 17.7 Å². The summed E-state index contributed by atoms with van der Waals surface area (Å²) >= 11 is 3.68. The van der Waals surface area contributed by atoms with Crippen LogP contribution >= 0.6 is 15.9 Å². The van der Waals surface area contributed by atoms with Crippen LogP contribution in [0.3, 0.4) is 0 Å². The van der Waals surface area contributed by atoms with Crippen LogP contribution in [0.5, 0.6) is 0 Å². The number of ether oxygens (including phenoxy) is 2. The molecule has 1 fully saturated rings. The quantitative estimate of drug-likeness (QED) is 0.594. The molecule has 0 aliphatic heterocycles. The lowest BCUT2D eigenvalue weighted by molar-refractivity contribution is 0.212. The molecule has 17 heavy (non-hydrogen) atoms. The molecule has 4 nitrogen and oxygen atoms in total. The zero-order valence-corrected chi connectivity index (χ0v) is 11.8. The molecule has 2 aliphatic rings. The molecule has 0 N–H and O–H groups in total. The molecule has 5 heteroatoms. The maximum absolute atomic E-state index is 5.43. The highest BCUT2D eigenvalue weighted by Gasteiger charge is 2.40. The fourth-order valence-electron chi connectivity index (χ4n) is 2.43. The Bertz CT molecular complexity index is 401. The largest absolute Gasteiger partial charge is 0.500 e. The first kappa shape index (κ1) is 12.5. The van der Waals surface area contributed by atoms with Gasteiger partial charge in [0.1, 0.15) is 18.6 Å². The maximum atomic E-state index is 5.43. The fraction of sp³-hybridized carbons (Fsp3) is 0.583. The van der Waals surface area contributed by atoms with Crippen LogP contribution in [-0.2, 0) is 14.3 Å². The molecular formula is C12H16BrNO3. The molecule has 2 unspecified atom stereocenters. The summed E-state index contributed by atoms with van der Waals surface area (Å²) in [5.74, 6) is 2.07. The van der Waals surface area contributed by atoms with Gasteiger partial charge in [-0.25, -0.2) is 0 Å². The number of allylic oxidation sites excluding steroid dienone is 3. The van der Waals surface area contributed by atoms with Gasteiger partial charge in [-0.3, -0.25) is 0 Å². The maximum Gasteiger partial charge on any atom is 0.127 e. The topological polar surface area (TPSA) is 40.0 Å². The van der Waals surface area contributed by atoms with E-state index in [0.29, 0.717) is 5.92 Å². The van der Waals surface area contributed by atoms with E-state index in [1.165, 1.54) is 0 Å². The average molecular weight is 302 g/mol. The van der Waals surface area contributed by atoms with Crippen molar-refractivity contribution < 1.29 is 14.3 Å². The highest BCUT2D eigenvalue weighted by molar-refractivity contribution is 9.09. The molecule has 2 atom stereocenters. The Balaban J connectivity index is 2.45. The van der Waals surface area contributed by atoms with Crippen LogP contribution in [0, 0.1) is 5.92 Å². The molecule has 2 rings (SSSR count). The van der Waals surface area contributed by atoms with E-state index >= 15 is 0 Å². The number of nitrogens with zero attached hydrogens (tertiary/aromatic N) is 1. The summed E-state index contributed by atoms with van der Waals surface area (Å²) in [7, 11) is 4.91. The van der Waals surface area contributed by atoms with Gasteiger partial charge in [0.2, 0.25) is 0 Å². The van der Waals surface area contributed by atoms with Crippen LogP contribution < -0.4 is 0 Å². The number of oxime groups is 1. The van der Waals surface area contributed by atoms with Crippen molar-refractivity contribution in [2.24, 2.45) is 11.1 Å². The van der Waals surface area contributed by atoms with Crippen LogP contribution in [0.4, 0.5) is 0 Å². The highest BCUT2D eigenvalue weighted by atomic mass is 79.9. The molecule has 1 saturated carbocycles. The third-order valence-electron chi connectivity index (χ3n) is 3.19. The van der Waals surface area contributed by atoms with Gasteiger partial charge >= 0.3 is 0 Å². The van der Waals surface area contributed by atoms with Crippen molar-refractivity contribution in [3.05, 3.63) is 23.2 Å². The fourth-order valence-corrected chi connectivity index (χ4v) is 3.28. The van der Waals surface area contributed by atoms with Gasteiger partial charge in [-0.15, -0.1) is 0 Å². The summed E-state index contributed by atoms with van der Waals surface area (Å²) in [4.78, 5) is 5.07. The van der Waals surface area contributed by atoms with Crippen molar-refractivity contribution in [3.63, 3.8) is 0 Å². The van der Waals surface area contributed by atoms with Crippen molar-refractivity contribution in [1.82, 2.24) is 0 Å². The first-order chi connectivity index (χ1) is 8.22. The lowest BCUT2D eigenvalue weighted by atomic mass is 9.91. The summed E-state index contributed by atoms with van der Waals surface area (Å²) in [5.41, 5.74) is 2.11. The van der Waals surface area contributed by atoms with Gasteiger partial charge in [-0.05, 0) is 12.8 Å². The Morgan fingerprint density at radius 1 is 1.29 bits per heavy atom. The number of halogens is 1. The number of alkyl halides is 1. The highest BCUT2D eigenvalue weighted by Crippen LogP contribution is 2.43. The van der Waals surface area contributed by atoms with Gasteiger partial charge in [-0.2, -0.15) is 0 Å². The number of rotatable bonds is 3. The van der Waals surface area contributed by atoms with Crippen LogP contribution in [0.1, 0.15) is 12.8 Å². The minimum absolute atomic E-state index is 0.186. The second-order valence-electron chi connectivity index (χ2n) is 4.00. The van der Waals surface area contributed by atoms with E-state index in [4.69, 9.17) is 14.3 Å². The summed E-state index contributed by atoms with van der Waals surface area (Å²) in [5, 5.41) is 4.08. The molecule has 0 spiro atoms. The standard InChI is InChI=1S/C12H16BrNO3/c1-15-9-6-10(16-2)12(13)7-4-5-8(11(7)9)14-17-3/h6-7,12H,4-5H2,1-3H3. The van der Waals surface area contributed by atoms with Crippen LogP contribution in [0.2, 0.25) is 0 Å². The molecule has 0 aromatic rings. The molecule has 0 aromatic carbocycles. The summed E-state index contributed by atoms with van der Waals surface area (Å²) in [6.07, 6.45) is 3.86. The monoisotopic (exact) mass is 301 g/mol. The molecule has 0 bridgehead atoms. The molecule has 0 radical (unpaired) electrons. The van der Waals surface area contributed by atoms with Gasteiger partial charge in [0, 0.05) is 17.6 Å². The van der Waals surface area contributed by atoms with E-state index in [2.05, 4.69) is 21.1 Å². The third-order valence-corrected chi connectivity index (χ3v) is 4.28. The van der Waals surface area contributed by atoms with E-state index in [-0.39, 0.29) is 4.83 Å². The van der Waals surface area contributed by atoms with E-state index in [1.807, 2.05) is 6.08 Å². The van der Waals surface area contributed by atoms with Gasteiger partial charge in [0.05, 0.1) is 24.8 Å². The smallest absolute Gasteiger partial charge is 0.127 e. The summed E-state index contributed by atoms with van der Waals surface area (Å²) in [6.45, 7) is 0. The van der Waals surface area contributed by atoms with Gasteiger partial charge in [-0.1, -0.05) is 21.1 Å². The van der Waals surface area contributed by atoms with Crippen molar-refractivity contribution in [1.29, 1.82) is 0 Å². The van der Waals surface area contributed by atoms with Crippen molar-refractivity contribution in [2.75, 3.05) is 21.3 Å². The predicted octanol–water partition coefficient (Wildman–Crippen LogP) is 2.61. The first-order valence-electron chi connectivity index (χ1n) is 5.51. The average Bonchev–Trinajstić information content (AvgIpc) is 2.75. The Labute approximate surface area is 109 Å². The number of hydrogen-bond acceptors (Lipinski definition) is 4. The normalized spacial score (nSPS) is 30.1. The zero-order valence-electron chi connectivity index (χ0n) is 10.2. The SMILES string of the molecule is CON=C1CCC2C1=C(OC)C=C(OC)C2Br. The lowest BCUT2D eigenvalue weighted by Gasteiger charge is -2.26.